The minimum Gasteiger partial charge on any atom is -0.394 e. The molecule has 0 aromatic heterocycles. The number of ether oxygens (including phenoxy) is 4. The first-order valence-electron chi connectivity index (χ1n) is 45.5. The summed E-state index contributed by atoms with van der Waals surface area (Å²) >= 11 is 0. The molecule has 0 spiro atoms. The summed E-state index contributed by atoms with van der Waals surface area (Å²) in [5, 5.41) is 87.8. The summed E-state index contributed by atoms with van der Waals surface area (Å²) < 4.78 is 22.9. The highest BCUT2D eigenvalue weighted by molar-refractivity contribution is 5.76. The Balaban J connectivity index is 1.57. The fourth-order valence-electron chi connectivity index (χ4n) is 14.7. The van der Waals surface area contributed by atoms with Crippen LogP contribution in [0.15, 0.2) is 97.2 Å². The van der Waals surface area contributed by atoms with Crippen LogP contribution in [0.2, 0.25) is 0 Å². The molecule has 12 unspecified atom stereocenters. The molecule has 14 heteroatoms. The lowest BCUT2D eigenvalue weighted by atomic mass is 9.97. The summed E-state index contributed by atoms with van der Waals surface area (Å²) in [5.41, 5.74) is 0. The number of allylic oxidation sites excluding steroid dienone is 15. The number of unbranched alkanes of at least 4 members (excludes halogenated alkanes) is 50. The molecule has 2 fully saturated rings. The Bertz CT molecular complexity index is 2190. The third-order valence-electron chi connectivity index (χ3n) is 21.7. The van der Waals surface area contributed by atoms with Crippen LogP contribution in [-0.2, 0) is 23.7 Å². The molecule has 0 bridgehead atoms. The van der Waals surface area contributed by atoms with E-state index in [1.165, 1.54) is 289 Å². The topological polar surface area (TPSA) is 228 Å². The van der Waals surface area contributed by atoms with Gasteiger partial charge in [0.05, 0.1) is 32.0 Å². The van der Waals surface area contributed by atoms with Gasteiger partial charge in [-0.2, -0.15) is 0 Å². The third-order valence-corrected chi connectivity index (χ3v) is 21.7. The minimum atomic E-state index is -1.80. The van der Waals surface area contributed by atoms with Gasteiger partial charge in [-0.1, -0.05) is 400 Å². The lowest BCUT2D eigenvalue weighted by molar-refractivity contribution is -0.359. The van der Waals surface area contributed by atoms with E-state index < -0.39 is 86.8 Å². The lowest BCUT2D eigenvalue weighted by Crippen LogP contribution is -2.65. The van der Waals surface area contributed by atoms with Gasteiger partial charge in [-0.15, -0.1) is 0 Å². The van der Waals surface area contributed by atoms with Crippen LogP contribution in [0.4, 0.5) is 0 Å². The quantitative estimate of drug-likeness (QED) is 0.0204. The second kappa shape index (κ2) is 76.5. The van der Waals surface area contributed by atoms with E-state index in [1.54, 1.807) is 6.08 Å². The molecule has 2 heterocycles. The maximum Gasteiger partial charge on any atom is 0.220 e. The van der Waals surface area contributed by atoms with E-state index in [-0.39, 0.29) is 18.9 Å². The summed E-state index contributed by atoms with van der Waals surface area (Å²) in [6.45, 7) is 2.72. The van der Waals surface area contributed by atoms with Crippen molar-refractivity contribution < 1.29 is 64.6 Å². The van der Waals surface area contributed by atoms with Crippen molar-refractivity contribution in [2.45, 2.75) is 473 Å². The van der Waals surface area contributed by atoms with E-state index in [2.05, 4.69) is 104 Å². The van der Waals surface area contributed by atoms with Crippen molar-refractivity contribution in [3.05, 3.63) is 97.2 Å². The molecule has 0 aromatic carbocycles. The standard InChI is InChI=1S/C94H169NO13/c1-3-5-7-9-11-13-15-17-19-21-23-25-27-29-31-33-35-37-38-39-40-41-42-43-44-46-48-50-52-54-56-58-60-62-64-66-68-70-72-74-76-78-86(99)95-82(81-105-93-91(104)89(102)92(85(80-97)107-93)108-94-90(103)88(101)87(100)84(79-96)106-94)83(98)77-75-73-71-69-67-65-63-61-59-57-55-53-51-49-47-45-36-34-32-30-28-26-24-22-20-18-16-14-12-10-8-6-4-2/h5,7,11,13,17,19,23,25,29,31,59,61,67,69,75,77,82-85,87-94,96-98,100-104H,3-4,6,8-10,12,14-16,18,20-22,24,26-28,30,32-58,60,62-66,68,70-74,76,78-81H2,1-2H3,(H,95,99)/b7-5-,13-11-,19-17-,25-23-,31-29-,61-59+,69-67+,77-75+. The average Bonchev–Trinajstić information content (AvgIpc) is 0.789. The van der Waals surface area contributed by atoms with Crippen LogP contribution in [0.25, 0.3) is 0 Å². The zero-order chi connectivity index (χ0) is 77.9. The van der Waals surface area contributed by atoms with Crippen molar-refractivity contribution in [3.8, 4) is 0 Å². The van der Waals surface area contributed by atoms with Crippen LogP contribution < -0.4 is 5.32 Å². The van der Waals surface area contributed by atoms with E-state index >= 15 is 0 Å². The molecule has 2 rings (SSSR count). The maximum atomic E-state index is 13.4. The van der Waals surface area contributed by atoms with Gasteiger partial charge in [-0.3, -0.25) is 4.79 Å². The molecule has 12 atom stereocenters. The first-order chi connectivity index (χ1) is 53.1. The molecule has 2 aliphatic rings. The molecule has 1 amide bonds. The Hall–Kier alpha value is -3.09. The van der Waals surface area contributed by atoms with E-state index in [9.17, 15) is 45.6 Å². The van der Waals surface area contributed by atoms with Gasteiger partial charge >= 0.3 is 0 Å². The molecule has 9 N–H and O–H groups in total. The minimum absolute atomic E-state index is 0.247. The SMILES string of the molecule is CC/C=C\C/C=C\C/C=C\C/C=C\C/C=C\CCCCCCCCCCCCCCCCCCCCCCCCCCCC(=O)NC(COC1OC(CO)C(OC2OC(CO)C(O)C(O)C2O)C(O)C1O)C(O)/C=C/CC/C=C/CC/C=C/CCCCCCCCCCCCCCCCCCCCCCCCC. The van der Waals surface area contributed by atoms with Crippen LogP contribution in [-0.4, -0.2) is 140 Å². The van der Waals surface area contributed by atoms with Gasteiger partial charge in [0, 0.05) is 6.42 Å². The smallest absolute Gasteiger partial charge is 0.220 e. The van der Waals surface area contributed by atoms with E-state index in [0.717, 1.165) is 77.0 Å². The average molecular weight is 1520 g/mol. The molecule has 0 aliphatic carbocycles. The monoisotopic (exact) mass is 1520 g/mol. The van der Waals surface area contributed by atoms with Crippen molar-refractivity contribution in [2.24, 2.45) is 0 Å². The molecular formula is C94H169NO13. The first kappa shape index (κ1) is 101. The summed E-state index contributed by atoms with van der Waals surface area (Å²) in [5.74, 6) is -0.247. The predicted molar refractivity (Wildman–Crippen MR) is 452 cm³/mol. The van der Waals surface area contributed by atoms with Gasteiger partial charge in [-0.25, -0.2) is 0 Å². The molecule has 108 heavy (non-hydrogen) atoms. The van der Waals surface area contributed by atoms with Crippen molar-refractivity contribution in [1.82, 2.24) is 5.32 Å². The number of rotatable bonds is 77. The number of hydrogen-bond acceptors (Lipinski definition) is 13. The van der Waals surface area contributed by atoms with Crippen LogP contribution >= 0.6 is 0 Å². The van der Waals surface area contributed by atoms with Crippen molar-refractivity contribution in [1.29, 1.82) is 0 Å². The molecule has 628 valence electrons. The Morgan fingerprint density at radius 2 is 0.648 bits per heavy atom. The van der Waals surface area contributed by atoms with Gasteiger partial charge in [0.2, 0.25) is 5.91 Å². The van der Waals surface area contributed by atoms with Gasteiger partial charge in [0.15, 0.2) is 12.6 Å². The molecule has 0 saturated carbocycles. The summed E-state index contributed by atoms with van der Waals surface area (Å²) in [7, 11) is 0. The van der Waals surface area contributed by atoms with Gasteiger partial charge in [0.25, 0.3) is 0 Å². The number of carbonyl (C=O) groups is 1. The summed E-state index contributed by atoms with van der Waals surface area (Å²) in [6.07, 6.45) is 93.9. The number of aliphatic hydroxyl groups is 8. The zero-order valence-electron chi connectivity index (χ0n) is 69.3. The van der Waals surface area contributed by atoms with E-state index in [4.69, 9.17) is 18.9 Å². The Morgan fingerprint density at radius 3 is 1.02 bits per heavy atom. The van der Waals surface area contributed by atoms with Crippen molar-refractivity contribution in [2.75, 3.05) is 19.8 Å². The van der Waals surface area contributed by atoms with Gasteiger partial charge in [-0.05, 0) is 89.9 Å². The van der Waals surface area contributed by atoms with E-state index in [0.29, 0.717) is 12.8 Å². The van der Waals surface area contributed by atoms with Crippen LogP contribution in [0.5, 0.6) is 0 Å². The molecule has 0 aromatic rings. The number of aliphatic hydroxyl groups excluding tert-OH is 8. The fourth-order valence-corrected chi connectivity index (χ4v) is 14.7. The number of carbonyl (C=O) groups excluding carboxylic acids is 1. The largest absolute Gasteiger partial charge is 0.394 e. The molecule has 2 saturated heterocycles. The molecule has 0 radical (unpaired) electrons. The third kappa shape index (κ3) is 57.9. The Morgan fingerprint density at radius 1 is 0.343 bits per heavy atom. The number of hydrogen-bond donors (Lipinski definition) is 9. The molecule has 14 nitrogen and oxygen atoms in total. The van der Waals surface area contributed by atoms with E-state index in [1.807, 2.05) is 6.08 Å². The lowest BCUT2D eigenvalue weighted by Gasteiger charge is -2.46. The number of nitrogens with one attached hydrogen (secondary N) is 1. The Labute approximate surface area is 662 Å². The van der Waals surface area contributed by atoms with Crippen LogP contribution in [0.1, 0.15) is 399 Å². The zero-order valence-corrected chi connectivity index (χ0v) is 69.3. The number of amides is 1. The van der Waals surface area contributed by atoms with Crippen LogP contribution in [0, 0.1) is 0 Å². The van der Waals surface area contributed by atoms with Crippen molar-refractivity contribution in [3.63, 3.8) is 0 Å². The normalized spacial score (nSPS) is 21.6. The second-order valence-corrected chi connectivity index (χ2v) is 31.7. The van der Waals surface area contributed by atoms with Gasteiger partial charge < -0.3 is 65.1 Å². The molecular weight excluding hydrogens is 1350 g/mol. The highest BCUT2D eigenvalue weighted by atomic mass is 16.7. The fraction of sp³-hybridized carbons (Fsp3) is 0.819. The summed E-state index contributed by atoms with van der Waals surface area (Å²) in [4.78, 5) is 13.4. The van der Waals surface area contributed by atoms with Crippen LogP contribution in [0.3, 0.4) is 0 Å². The van der Waals surface area contributed by atoms with Gasteiger partial charge in [0.1, 0.15) is 48.8 Å². The summed E-state index contributed by atoms with van der Waals surface area (Å²) in [6, 6.07) is -0.943. The second-order valence-electron chi connectivity index (χ2n) is 31.7. The highest BCUT2D eigenvalue weighted by Crippen LogP contribution is 2.31. The maximum absolute atomic E-state index is 13.4. The van der Waals surface area contributed by atoms with Crippen molar-refractivity contribution >= 4 is 5.91 Å². The predicted octanol–water partition coefficient (Wildman–Crippen LogP) is 22.4. The Kier molecular flexibility index (Phi) is 71.6. The highest BCUT2D eigenvalue weighted by Gasteiger charge is 2.51. The molecule has 2 aliphatic heterocycles. The first-order valence-corrected chi connectivity index (χ1v) is 45.5.